The maximum absolute atomic E-state index is 11.7. The smallest absolute Gasteiger partial charge is 0.178 e. The van der Waals surface area contributed by atoms with Crippen molar-refractivity contribution in [3.63, 3.8) is 0 Å². The molecule has 2 nitrogen and oxygen atoms in total. The second kappa shape index (κ2) is 6.07. The summed E-state index contributed by atoms with van der Waals surface area (Å²) >= 11 is 6.21. The molecule has 0 heterocycles. The summed E-state index contributed by atoms with van der Waals surface area (Å²) in [5.74, 6) is 0.794. The van der Waals surface area contributed by atoms with Gasteiger partial charge in [0, 0.05) is 11.3 Å². The van der Waals surface area contributed by atoms with E-state index in [1.165, 1.54) is 0 Å². The first-order chi connectivity index (χ1) is 8.29. The normalized spacial score (nSPS) is 15.7. The zero-order valence-electron chi connectivity index (χ0n) is 11.4. The molecule has 0 bridgehead atoms. The summed E-state index contributed by atoms with van der Waals surface area (Å²) in [6.07, 6.45) is 0. The predicted octanol–water partition coefficient (Wildman–Crippen LogP) is 3.85. The van der Waals surface area contributed by atoms with Crippen molar-refractivity contribution in [3.05, 3.63) is 29.8 Å². The van der Waals surface area contributed by atoms with Crippen LogP contribution in [0.2, 0.25) is 0 Å². The number of hydrogen-bond donors (Lipinski definition) is 0. The molecule has 18 heavy (non-hydrogen) atoms. The van der Waals surface area contributed by atoms with Gasteiger partial charge in [0.2, 0.25) is 0 Å². The fraction of sp³-hybridized carbons (Fsp3) is 0.571. The van der Waals surface area contributed by atoms with Crippen LogP contribution in [0.15, 0.2) is 29.2 Å². The Hall–Kier alpha value is -0.540. The van der Waals surface area contributed by atoms with Gasteiger partial charge in [0.25, 0.3) is 0 Å². The standard InChI is InChI=1S/C14H21ClO2S/c1-5-18(16,17)13-8-6-12(7-9-13)14(10(2)3)11(4)15/h6-11,14H,5H2,1-4H3. The Morgan fingerprint density at radius 3 is 1.94 bits per heavy atom. The number of sulfone groups is 1. The molecule has 1 rings (SSSR count). The third-order valence-corrected chi connectivity index (χ3v) is 5.24. The van der Waals surface area contributed by atoms with Crippen LogP contribution >= 0.6 is 11.6 Å². The van der Waals surface area contributed by atoms with Gasteiger partial charge in [-0.3, -0.25) is 0 Å². The molecule has 0 saturated heterocycles. The maximum atomic E-state index is 11.7. The lowest BCUT2D eigenvalue weighted by atomic mass is 9.86. The van der Waals surface area contributed by atoms with E-state index >= 15 is 0 Å². The van der Waals surface area contributed by atoms with Crippen molar-refractivity contribution in [2.24, 2.45) is 5.92 Å². The minimum atomic E-state index is -3.11. The third-order valence-electron chi connectivity index (χ3n) is 3.22. The van der Waals surface area contributed by atoms with Gasteiger partial charge < -0.3 is 0 Å². The predicted molar refractivity (Wildman–Crippen MR) is 77.1 cm³/mol. The number of hydrogen-bond acceptors (Lipinski definition) is 2. The van der Waals surface area contributed by atoms with Crippen molar-refractivity contribution in [2.45, 2.75) is 43.9 Å². The molecule has 0 aliphatic carbocycles. The molecule has 0 aliphatic rings. The van der Waals surface area contributed by atoms with E-state index in [1.807, 2.05) is 19.1 Å². The summed E-state index contributed by atoms with van der Waals surface area (Å²) in [4.78, 5) is 0.387. The van der Waals surface area contributed by atoms with Crippen LogP contribution in [0, 0.1) is 5.92 Å². The van der Waals surface area contributed by atoms with E-state index < -0.39 is 9.84 Å². The van der Waals surface area contributed by atoms with E-state index in [-0.39, 0.29) is 17.0 Å². The van der Waals surface area contributed by atoms with E-state index in [2.05, 4.69) is 13.8 Å². The molecule has 0 saturated carbocycles. The summed E-state index contributed by atoms with van der Waals surface area (Å²) in [5, 5.41) is 0.0265. The van der Waals surface area contributed by atoms with Crippen LogP contribution in [0.4, 0.5) is 0 Å². The topological polar surface area (TPSA) is 34.1 Å². The molecular formula is C14H21ClO2S. The zero-order valence-corrected chi connectivity index (χ0v) is 12.9. The Balaban J connectivity index is 3.09. The Morgan fingerprint density at radius 2 is 1.61 bits per heavy atom. The number of halogens is 1. The third kappa shape index (κ3) is 3.48. The lowest BCUT2D eigenvalue weighted by molar-refractivity contribution is 0.490. The first kappa shape index (κ1) is 15.5. The van der Waals surface area contributed by atoms with Crippen molar-refractivity contribution in [1.29, 1.82) is 0 Å². The van der Waals surface area contributed by atoms with Crippen molar-refractivity contribution < 1.29 is 8.42 Å². The number of alkyl halides is 1. The highest BCUT2D eigenvalue weighted by molar-refractivity contribution is 7.91. The van der Waals surface area contributed by atoms with Gasteiger partial charge in [-0.1, -0.05) is 32.9 Å². The van der Waals surface area contributed by atoms with Crippen LogP contribution in [-0.2, 0) is 9.84 Å². The van der Waals surface area contributed by atoms with Gasteiger partial charge in [0.15, 0.2) is 9.84 Å². The molecule has 0 amide bonds. The molecule has 0 radical (unpaired) electrons. The summed E-state index contributed by atoms with van der Waals surface area (Å²) < 4.78 is 23.4. The van der Waals surface area contributed by atoms with E-state index in [0.29, 0.717) is 10.8 Å². The maximum Gasteiger partial charge on any atom is 0.178 e. The minimum absolute atomic E-state index is 0.0265. The zero-order chi connectivity index (χ0) is 13.9. The van der Waals surface area contributed by atoms with Gasteiger partial charge in [-0.15, -0.1) is 11.6 Å². The SMILES string of the molecule is CCS(=O)(=O)c1ccc(C(C(C)C)C(C)Cl)cc1. The molecule has 0 spiro atoms. The van der Waals surface area contributed by atoms with Crippen LogP contribution in [-0.4, -0.2) is 19.5 Å². The van der Waals surface area contributed by atoms with Crippen molar-refractivity contribution in [2.75, 3.05) is 5.75 Å². The van der Waals surface area contributed by atoms with Crippen LogP contribution < -0.4 is 0 Å². The highest BCUT2D eigenvalue weighted by Gasteiger charge is 2.21. The molecule has 2 atom stereocenters. The van der Waals surface area contributed by atoms with E-state index in [9.17, 15) is 8.42 Å². The fourth-order valence-electron chi connectivity index (χ4n) is 2.24. The van der Waals surface area contributed by atoms with Gasteiger partial charge in [-0.25, -0.2) is 8.42 Å². The van der Waals surface area contributed by atoms with E-state index in [1.54, 1.807) is 19.1 Å². The Kier molecular flexibility index (Phi) is 5.23. The van der Waals surface area contributed by atoms with Gasteiger partial charge in [-0.2, -0.15) is 0 Å². The number of rotatable bonds is 5. The lowest BCUT2D eigenvalue weighted by Gasteiger charge is -2.24. The van der Waals surface area contributed by atoms with Gasteiger partial charge >= 0.3 is 0 Å². The largest absolute Gasteiger partial charge is 0.224 e. The minimum Gasteiger partial charge on any atom is -0.224 e. The first-order valence-electron chi connectivity index (χ1n) is 6.26. The first-order valence-corrected chi connectivity index (χ1v) is 8.35. The molecule has 1 aromatic rings. The van der Waals surface area contributed by atoms with Crippen molar-refractivity contribution in [3.8, 4) is 0 Å². The molecule has 1 aromatic carbocycles. The molecule has 2 unspecified atom stereocenters. The van der Waals surface area contributed by atoms with Crippen molar-refractivity contribution in [1.82, 2.24) is 0 Å². The Labute approximate surface area is 115 Å². The highest BCUT2D eigenvalue weighted by atomic mass is 35.5. The van der Waals surface area contributed by atoms with Gasteiger partial charge in [-0.05, 0) is 30.5 Å². The Bertz CT molecular complexity index is 467. The van der Waals surface area contributed by atoms with Gasteiger partial charge in [0.05, 0.1) is 10.6 Å². The molecule has 0 fully saturated rings. The van der Waals surface area contributed by atoms with Crippen LogP contribution in [0.3, 0.4) is 0 Å². The molecular weight excluding hydrogens is 268 g/mol. The Morgan fingerprint density at radius 1 is 1.11 bits per heavy atom. The lowest BCUT2D eigenvalue weighted by Crippen LogP contribution is -2.16. The highest BCUT2D eigenvalue weighted by Crippen LogP contribution is 2.31. The second-order valence-corrected chi connectivity index (χ2v) is 7.89. The number of benzene rings is 1. The van der Waals surface area contributed by atoms with E-state index in [4.69, 9.17) is 11.6 Å². The van der Waals surface area contributed by atoms with Crippen LogP contribution in [0.25, 0.3) is 0 Å². The van der Waals surface area contributed by atoms with Crippen molar-refractivity contribution >= 4 is 21.4 Å². The molecule has 102 valence electrons. The van der Waals surface area contributed by atoms with E-state index in [0.717, 1.165) is 5.56 Å². The van der Waals surface area contributed by atoms with Crippen LogP contribution in [0.5, 0.6) is 0 Å². The van der Waals surface area contributed by atoms with Crippen LogP contribution in [0.1, 0.15) is 39.2 Å². The monoisotopic (exact) mass is 288 g/mol. The molecule has 0 aromatic heterocycles. The summed E-state index contributed by atoms with van der Waals surface area (Å²) in [6.45, 7) is 7.88. The average Bonchev–Trinajstić information content (AvgIpc) is 2.29. The quantitative estimate of drug-likeness (QED) is 0.771. The summed E-state index contributed by atoms with van der Waals surface area (Å²) in [5.41, 5.74) is 1.10. The van der Waals surface area contributed by atoms with Gasteiger partial charge in [0.1, 0.15) is 0 Å². The summed E-state index contributed by atoms with van der Waals surface area (Å²) in [7, 11) is -3.11. The second-order valence-electron chi connectivity index (χ2n) is 4.92. The summed E-state index contributed by atoms with van der Waals surface area (Å²) in [6, 6.07) is 7.13. The molecule has 4 heteroatoms. The molecule has 0 N–H and O–H groups in total. The molecule has 0 aliphatic heterocycles. The fourth-order valence-corrected chi connectivity index (χ4v) is 3.57. The average molecular weight is 289 g/mol.